The Kier molecular flexibility index (Phi) is 6.92. The highest BCUT2D eigenvalue weighted by atomic mass is 16.6. The summed E-state index contributed by atoms with van der Waals surface area (Å²) in [6.07, 6.45) is 3.73. The summed E-state index contributed by atoms with van der Waals surface area (Å²) in [4.78, 5) is 11.7. The Balaban J connectivity index is 1.08. The molecule has 10 heteroatoms. The molecule has 4 heterocycles. The Bertz CT molecular complexity index is 1470. The van der Waals surface area contributed by atoms with Gasteiger partial charge in [-0.15, -0.1) is 10.2 Å². The number of hydrogen-bond donors (Lipinski definition) is 2. The van der Waals surface area contributed by atoms with Gasteiger partial charge in [-0.05, 0) is 55.2 Å². The van der Waals surface area contributed by atoms with Gasteiger partial charge in [0.2, 0.25) is 17.7 Å². The first-order valence-electron chi connectivity index (χ1n) is 13.2. The van der Waals surface area contributed by atoms with Gasteiger partial charge < -0.3 is 19.4 Å². The number of nitriles is 1. The number of rotatable bonds is 8. The molecule has 0 bridgehead atoms. The molecule has 2 N–H and O–H groups in total. The monoisotopic (exact) mass is 522 g/mol. The van der Waals surface area contributed by atoms with Crippen LogP contribution >= 0.6 is 0 Å². The van der Waals surface area contributed by atoms with Gasteiger partial charge in [0.15, 0.2) is 0 Å². The first-order valence-corrected chi connectivity index (χ1v) is 13.2. The van der Waals surface area contributed by atoms with Crippen molar-refractivity contribution in [1.29, 1.82) is 5.26 Å². The van der Waals surface area contributed by atoms with Crippen molar-refractivity contribution in [1.82, 2.24) is 25.5 Å². The molecular weight excluding hydrogens is 492 g/mol. The number of aryl methyl sites for hydroxylation is 2. The second-order valence-electron chi connectivity index (χ2n) is 9.96. The van der Waals surface area contributed by atoms with Gasteiger partial charge in [0.1, 0.15) is 12.3 Å². The zero-order valence-electron chi connectivity index (χ0n) is 22.0. The minimum absolute atomic E-state index is 0.0138. The molecule has 0 saturated carbocycles. The van der Waals surface area contributed by atoms with Gasteiger partial charge >= 0.3 is 0 Å². The minimum atomic E-state index is -0.0915. The van der Waals surface area contributed by atoms with Crippen LogP contribution in [0.5, 0.6) is 0 Å². The van der Waals surface area contributed by atoms with Crippen LogP contribution in [0, 0.1) is 25.2 Å². The van der Waals surface area contributed by atoms with Gasteiger partial charge in [-0.3, -0.25) is 5.32 Å². The van der Waals surface area contributed by atoms with E-state index in [1.165, 1.54) is 5.69 Å². The van der Waals surface area contributed by atoms with Crippen molar-refractivity contribution in [3.05, 3.63) is 77.6 Å². The smallest absolute Gasteiger partial charge is 0.227 e. The van der Waals surface area contributed by atoms with Gasteiger partial charge in [0, 0.05) is 49.1 Å². The summed E-state index contributed by atoms with van der Waals surface area (Å²) in [7, 11) is 0. The molecule has 2 saturated heterocycles. The molecule has 2 aliphatic rings. The van der Waals surface area contributed by atoms with Crippen molar-refractivity contribution in [3.8, 4) is 17.3 Å². The van der Waals surface area contributed by atoms with Crippen LogP contribution in [0.4, 0.5) is 17.3 Å². The summed E-state index contributed by atoms with van der Waals surface area (Å²) in [6, 6.07) is 18.7. The minimum Gasteiger partial charge on any atom is -0.425 e. The molecule has 39 heavy (non-hydrogen) atoms. The summed E-state index contributed by atoms with van der Waals surface area (Å²) in [5.74, 6) is 2.27. The number of nitrogens with zero attached hydrogens (tertiary/aromatic N) is 6. The number of nitrogens with one attached hydrogen (secondary N) is 2. The Morgan fingerprint density at radius 1 is 1.03 bits per heavy atom. The van der Waals surface area contributed by atoms with Gasteiger partial charge in [0.05, 0.1) is 18.3 Å². The molecule has 2 fully saturated rings. The van der Waals surface area contributed by atoms with Crippen LogP contribution in [0.3, 0.4) is 0 Å². The highest BCUT2D eigenvalue weighted by Crippen LogP contribution is 2.37. The first kappa shape index (κ1) is 25.0. The fourth-order valence-electron chi connectivity index (χ4n) is 5.04. The molecule has 0 aliphatic carbocycles. The number of epoxide rings is 1. The zero-order chi connectivity index (χ0) is 26.8. The maximum absolute atomic E-state index is 8.72. The Hall–Kier alpha value is -4.33. The van der Waals surface area contributed by atoms with E-state index in [9.17, 15) is 0 Å². The topological polar surface area (TPSA) is 128 Å². The second kappa shape index (κ2) is 10.8. The molecule has 2 aromatic carbocycles. The number of piperidine rings is 1. The average molecular weight is 523 g/mol. The number of anilines is 3. The fraction of sp³-hybridized carbons (Fsp3) is 0.345. The van der Waals surface area contributed by atoms with Crippen molar-refractivity contribution in [2.45, 2.75) is 44.9 Å². The summed E-state index contributed by atoms with van der Waals surface area (Å²) in [5, 5.41) is 23.3. The maximum Gasteiger partial charge on any atom is 0.227 e. The Morgan fingerprint density at radius 2 is 1.79 bits per heavy atom. The summed E-state index contributed by atoms with van der Waals surface area (Å²) in [6.45, 7) is 6.02. The van der Waals surface area contributed by atoms with Crippen molar-refractivity contribution in [2.75, 3.05) is 29.9 Å². The van der Waals surface area contributed by atoms with Crippen molar-refractivity contribution in [3.63, 3.8) is 0 Å². The van der Waals surface area contributed by atoms with Crippen LogP contribution < -0.4 is 15.5 Å². The van der Waals surface area contributed by atoms with Gasteiger partial charge in [-0.1, -0.05) is 24.3 Å². The quantitative estimate of drug-likeness (QED) is 0.246. The highest BCUT2D eigenvalue weighted by Gasteiger charge is 2.39. The van der Waals surface area contributed by atoms with Gasteiger partial charge in [-0.2, -0.15) is 5.26 Å². The number of aromatic nitrogens is 4. The third-order valence-corrected chi connectivity index (χ3v) is 7.23. The van der Waals surface area contributed by atoms with Crippen LogP contribution in [0.25, 0.3) is 11.3 Å². The number of benzene rings is 2. The second-order valence-corrected chi connectivity index (χ2v) is 9.96. The summed E-state index contributed by atoms with van der Waals surface area (Å²) >= 11 is 0. The van der Waals surface area contributed by atoms with Crippen LogP contribution in [-0.4, -0.2) is 46.0 Å². The SMILES string of the molecule is Cc1nnc(C2CCN(c3ccc(Nc4ncc(C)c(-c5ccc(C6OC6NCC#N)cc5)n4)cc3)CC2)o1. The van der Waals surface area contributed by atoms with Crippen LogP contribution in [0.1, 0.15) is 47.8 Å². The van der Waals surface area contributed by atoms with Gasteiger partial charge in [0.25, 0.3) is 0 Å². The Morgan fingerprint density at radius 3 is 2.49 bits per heavy atom. The summed E-state index contributed by atoms with van der Waals surface area (Å²) in [5.41, 5.74) is 6.09. The maximum atomic E-state index is 8.72. The predicted molar refractivity (Wildman–Crippen MR) is 146 cm³/mol. The molecular formula is C29H30N8O2. The van der Waals surface area contributed by atoms with Crippen molar-refractivity contribution >= 4 is 17.3 Å². The lowest BCUT2D eigenvalue weighted by Crippen LogP contribution is -2.32. The van der Waals surface area contributed by atoms with Crippen LogP contribution in [-0.2, 0) is 4.74 Å². The highest BCUT2D eigenvalue weighted by molar-refractivity contribution is 5.66. The standard InChI is InChI=1S/C29H30N8O2/c1-18-17-32-29(34-25(18)20-3-5-21(6-4-20)26-28(39-26)31-14-13-30)33-23-7-9-24(10-8-23)37-15-11-22(12-16-37)27-36-35-19(2)38-27/h3-10,17,22,26,28,31H,11-12,14-16H2,1-2H3,(H,32,33,34). The van der Waals surface area contributed by atoms with E-state index in [1.54, 1.807) is 0 Å². The molecule has 2 aromatic heterocycles. The van der Waals surface area contributed by atoms with E-state index in [0.717, 1.165) is 59.9 Å². The van der Waals surface area contributed by atoms with E-state index < -0.39 is 0 Å². The lowest BCUT2D eigenvalue weighted by molar-refractivity contribution is 0.352. The fourth-order valence-corrected chi connectivity index (χ4v) is 5.04. The molecule has 6 rings (SSSR count). The van der Waals surface area contributed by atoms with E-state index in [4.69, 9.17) is 19.4 Å². The van der Waals surface area contributed by atoms with E-state index in [-0.39, 0.29) is 18.9 Å². The third kappa shape index (κ3) is 5.60. The molecule has 0 radical (unpaired) electrons. The molecule has 2 atom stereocenters. The Labute approximate surface area is 227 Å². The number of hydrogen-bond acceptors (Lipinski definition) is 10. The van der Waals surface area contributed by atoms with Crippen LogP contribution in [0.15, 0.2) is 59.1 Å². The van der Waals surface area contributed by atoms with Gasteiger partial charge in [-0.25, -0.2) is 9.97 Å². The zero-order valence-corrected chi connectivity index (χ0v) is 22.0. The van der Waals surface area contributed by atoms with E-state index >= 15 is 0 Å². The molecule has 198 valence electrons. The summed E-state index contributed by atoms with van der Waals surface area (Å²) < 4.78 is 11.3. The van der Waals surface area contributed by atoms with Crippen LogP contribution in [0.2, 0.25) is 0 Å². The normalized spacial score (nSPS) is 19.1. The molecule has 0 spiro atoms. The van der Waals surface area contributed by atoms with Crippen molar-refractivity contribution < 1.29 is 9.15 Å². The van der Waals surface area contributed by atoms with E-state index in [0.29, 0.717) is 17.8 Å². The first-order chi connectivity index (χ1) is 19.1. The lowest BCUT2D eigenvalue weighted by Gasteiger charge is -2.32. The average Bonchev–Trinajstić information content (AvgIpc) is 3.62. The largest absolute Gasteiger partial charge is 0.425 e. The van der Waals surface area contributed by atoms with Crippen molar-refractivity contribution in [2.24, 2.45) is 0 Å². The number of ether oxygens (including phenoxy) is 1. The molecule has 10 nitrogen and oxygen atoms in total. The molecule has 2 unspecified atom stereocenters. The van der Waals surface area contributed by atoms with E-state index in [1.807, 2.05) is 32.2 Å². The third-order valence-electron chi connectivity index (χ3n) is 7.23. The lowest BCUT2D eigenvalue weighted by atomic mass is 9.96. The predicted octanol–water partition coefficient (Wildman–Crippen LogP) is 4.78. The molecule has 0 amide bonds. The molecule has 2 aliphatic heterocycles. The molecule has 4 aromatic rings. The van der Waals surface area contributed by atoms with E-state index in [2.05, 4.69) is 73.2 Å².